The Morgan fingerprint density at radius 3 is 2.06 bits per heavy atom. The van der Waals surface area contributed by atoms with Crippen LogP contribution in [0.3, 0.4) is 0 Å². The lowest BCUT2D eigenvalue weighted by Gasteiger charge is -2.16. The van der Waals surface area contributed by atoms with Crippen LogP contribution in [0.2, 0.25) is 0 Å². The molecule has 0 aromatic carbocycles. The maximum Gasteiger partial charge on any atom is 0.324 e. The first-order valence-electron chi connectivity index (χ1n) is 5.37. The monoisotopic (exact) mass is 241 g/mol. The second-order valence-electron chi connectivity index (χ2n) is 3.13. The summed E-state index contributed by atoms with van der Waals surface area (Å²) in [7, 11) is 5.34. The molecule has 0 aliphatic rings. The highest BCUT2D eigenvalue weighted by Gasteiger charge is 2.14. The maximum atomic E-state index is 11.4. The standard InChI is InChI=1S/C10H16BNO5/c1-3-16-9(14)6-5-8(13)12(11)7-10(15)17-4-2/h3-7H2,1-2H3. The fourth-order valence-electron chi connectivity index (χ4n) is 1.02. The lowest BCUT2D eigenvalue weighted by Crippen LogP contribution is -2.34. The van der Waals surface area contributed by atoms with Crippen molar-refractivity contribution in [3.8, 4) is 0 Å². The number of hydrogen-bond donors (Lipinski definition) is 0. The second kappa shape index (κ2) is 8.61. The molecule has 0 heterocycles. The van der Waals surface area contributed by atoms with Gasteiger partial charge in [0.2, 0.25) is 13.9 Å². The number of hydrogen-bond acceptors (Lipinski definition) is 5. The summed E-state index contributed by atoms with van der Waals surface area (Å²) in [4.78, 5) is 34.1. The number of rotatable bonds is 7. The molecule has 0 saturated carbocycles. The quantitative estimate of drug-likeness (QED) is 0.456. The van der Waals surface area contributed by atoms with Crippen molar-refractivity contribution in [2.45, 2.75) is 26.7 Å². The minimum Gasteiger partial charge on any atom is -0.466 e. The predicted molar refractivity (Wildman–Crippen MR) is 60.0 cm³/mol. The minimum atomic E-state index is -0.584. The number of carbonyl (C=O) groups excluding carboxylic acids is 3. The van der Waals surface area contributed by atoms with E-state index >= 15 is 0 Å². The fraction of sp³-hybridized carbons (Fsp3) is 0.700. The molecule has 0 aliphatic carbocycles. The van der Waals surface area contributed by atoms with Gasteiger partial charge >= 0.3 is 11.9 Å². The third-order valence-corrected chi connectivity index (χ3v) is 1.77. The number of nitrogens with zero attached hydrogens (tertiary/aromatic N) is 1. The molecule has 0 aromatic rings. The van der Waals surface area contributed by atoms with Crippen molar-refractivity contribution in [3.63, 3.8) is 0 Å². The van der Waals surface area contributed by atoms with Gasteiger partial charge < -0.3 is 14.3 Å². The molecule has 2 radical (unpaired) electrons. The van der Waals surface area contributed by atoms with Crippen molar-refractivity contribution < 1.29 is 23.9 Å². The van der Waals surface area contributed by atoms with Gasteiger partial charge in [-0.05, 0) is 13.8 Å². The lowest BCUT2D eigenvalue weighted by atomic mass is 10.2. The van der Waals surface area contributed by atoms with Crippen LogP contribution < -0.4 is 0 Å². The van der Waals surface area contributed by atoms with Crippen molar-refractivity contribution in [1.82, 2.24) is 4.81 Å². The predicted octanol–water partition coefficient (Wildman–Crippen LogP) is -0.195. The van der Waals surface area contributed by atoms with E-state index in [-0.39, 0.29) is 32.6 Å². The summed E-state index contributed by atoms with van der Waals surface area (Å²) in [6.45, 7) is 3.50. The molecule has 7 heteroatoms. The van der Waals surface area contributed by atoms with E-state index < -0.39 is 17.8 Å². The molecule has 0 saturated heterocycles. The molecule has 0 unspecified atom stereocenters. The van der Waals surface area contributed by atoms with Crippen LogP contribution in [-0.4, -0.2) is 50.4 Å². The molecule has 0 bridgehead atoms. The zero-order valence-corrected chi connectivity index (χ0v) is 10.1. The van der Waals surface area contributed by atoms with Crippen LogP contribution in [0.4, 0.5) is 0 Å². The first-order valence-corrected chi connectivity index (χ1v) is 5.37. The molecule has 0 aliphatic heterocycles. The Labute approximate surface area is 102 Å². The van der Waals surface area contributed by atoms with E-state index in [9.17, 15) is 14.4 Å². The van der Waals surface area contributed by atoms with Gasteiger partial charge in [-0.1, -0.05) is 0 Å². The lowest BCUT2D eigenvalue weighted by molar-refractivity contribution is -0.147. The van der Waals surface area contributed by atoms with Crippen LogP contribution in [-0.2, 0) is 23.9 Å². The van der Waals surface area contributed by atoms with E-state index in [2.05, 4.69) is 9.47 Å². The van der Waals surface area contributed by atoms with Gasteiger partial charge in [0.25, 0.3) is 0 Å². The first kappa shape index (κ1) is 15.5. The fourth-order valence-corrected chi connectivity index (χ4v) is 1.02. The topological polar surface area (TPSA) is 72.9 Å². The number of carbonyl (C=O) groups is 3. The smallest absolute Gasteiger partial charge is 0.324 e. The molecule has 0 atom stereocenters. The normalized spacial score (nSPS) is 9.53. The summed E-state index contributed by atoms with van der Waals surface area (Å²) in [5.74, 6) is -1.56. The van der Waals surface area contributed by atoms with Gasteiger partial charge in [0.15, 0.2) is 0 Å². The Morgan fingerprint density at radius 2 is 1.53 bits per heavy atom. The number of esters is 2. The second-order valence-corrected chi connectivity index (χ2v) is 3.13. The highest BCUT2D eigenvalue weighted by atomic mass is 16.5. The molecule has 0 aromatic heterocycles. The Balaban J connectivity index is 3.89. The van der Waals surface area contributed by atoms with Crippen LogP contribution in [0.5, 0.6) is 0 Å². The summed E-state index contributed by atoms with van der Waals surface area (Å²) in [6, 6.07) is 0. The molecule has 0 N–H and O–H groups in total. The summed E-state index contributed by atoms with van der Waals surface area (Å²) in [5, 5.41) is 0. The molecule has 0 spiro atoms. The molecule has 94 valence electrons. The molecule has 0 fully saturated rings. The average molecular weight is 241 g/mol. The van der Waals surface area contributed by atoms with Crippen molar-refractivity contribution in [3.05, 3.63) is 0 Å². The third kappa shape index (κ3) is 7.38. The maximum absolute atomic E-state index is 11.4. The molecule has 17 heavy (non-hydrogen) atoms. The SMILES string of the molecule is [B]N(CC(=O)OCC)C(=O)CCC(=O)OCC. The first-order chi connectivity index (χ1) is 8.01. The molecular formula is C10H16BNO5. The van der Waals surface area contributed by atoms with Gasteiger partial charge in [-0.2, -0.15) is 0 Å². The Morgan fingerprint density at radius 1 is 1.00 bits per heavy atom. The summed E-state index contributed by atoms with van der Waals surface area (Å²) < 4.78 is 9.27. The van der Waals surface area contributed by atoms with Gasteiger partial charge in [-0.25, -0.2) is 0 Å². The largest absolute Gasteiger partial charge is 0.466 e. The van der Waals surface area contributed by atoms with Crippen molar-refractivity contribution in [1.29, 1.82) is 0 Å². The van der Waals surface area contributed by atoms with Crippen LogP contribution in [0.1, 0.15) is 26.7 Å². The Hall–Kier alpha value is -1.53. The average Bonchev–Trinajstić information content (AvgIpc) is 2.26. The van der Waals surface area contributed by atoms with Gasteiger partial charge in [0.1, 0.15) is 6.54 Å². The van der Waals surface area contributed by atoms with Gasteiger partial charge in [0.05, 0.1) is 19.6 Å². The van der Waals surface area contributed by atoms with Crippen molar-refractivity contribution in [2.24, 2.45) is 0 Å². The molecule has 6 nitrogen and oxygen atoms in total. The molecule has 1 amide bonds. The van der Waals surface area contributed by atoms with Crippen LogP contribution in [0, 0.1) is 0 Å². The third-order valence-electron chi connectivity index (χ3n) is 1.77. The Bertz CT molecular complexity index is 282. The van der Waals surface area contributed by atoms with E-state index in [0.29, 0.717) is 0 Å². The highest BCUT2D eigenvalue weighted by Crippen LogP contribution is 1.98. The highest BCUT2D eigenvalue weighted by molar-refractivity contribution is 6.15. The van der Waals surface area contributed by atoms with Crippen LogP contribution in [0.25, 0.3) is 0 Å². The minimum absolute atomic E-state index is 0.0524. The van der Waals surface area contributed by atoms with Crippen LogP contribution in [0.15, 0.2) is 0 Å². The summed E-state index contributed by atoms with van der Waals surface area (Å²) >= 11 is 0. The van der Waals surface area contributed by atoms with E-state index in [1.165, 1.54) is 0 Å². The molecular weight excluding hydrogens is 225 g/mol. The molecule has 0 rings (SSSR count). The van der Waals surface area contributed by atoms with E-state index in [1.807, 2.05) is 0 Å². The summed E-state index contributed by atoms with van der Waals surface area (Å²) in [5.41, 5.74) is 0. The van der Waals surface area contributed by atoms with E-state index in [4.69, 9.17) is 7.98 Å². The Kier molecular flexibility index (Phi) is 7.83. The van der Waals surface area contributed by atoms with Crippen molar-refractivity contribution in [2.75, 3.05) is 19.8 Å². The summed E-state index contributed by atoms with van der Waals surface area (Å²) in [6.07, 6.45) is -0.141. The van der Waals surface area contributed by atoms with E-state index in [1.54, 1.807) is 13.8 Å². The van der Waals surface area contributed by atoms with Crippen molar-refractivity contribution >= 4 is 25.8 Å². The zero-order valence-electron chi connectivity index (χ0n) is 10.1. The van der Waals surface area contributed by atoms with Gasteiger partial charge in [-0.3, -0.25) is 14.4 Å². The van der Waals surface area contributed by atoms with Crippen LogP contribution >= 0.6 is 0 Å². The van der Waals surface area contributed by atoms with Gasteiger partial charge in [-0.15, -0.1) is 0 Å². The number of ether oxygens (including phenoxy) is 2. The van der Waals surface area contributed by atoms with E-state index in [0.717, 1.165) is 4.81 Å². The number of amides is 1. The zero-order chi connectivity index (χ0) is 13.3. The van der Waals surface area contributed by atoms with Gasteiger partial charge in [0, 0.05) is 6.42 Å².